The highest BCUT2D eigenvalue weighted by atomic mass is 16.5. The van der Waals surface area contributed by atoms with Crippen LogP contribution in [-0.2, 0) is 12.8 Å². The summed E-state index contributed by atoms with van der Waals surface area (Å²) in [4.78, 5) is 4.33. The number of aromatic nitrogens is 1. The molecule has 4 heteroatoms. The molecule has 4 nitrogen and oxygen atoms in total. The number of nitrogens with zero attached hydrogens (tertiary/aromatic N) is 1. The van der Waals surface area contributed by atoms with Gasteiger partial charge in [-0.2, -0.15) is 0 Å². The monoisotopic (exact) mass is 300 g/mol. The number of ether oxygens (including phenoxy) is 2. The molecule has 0 radical (unpaired) electrons. The quantitative estimate of drug-likeness (QED) is 0.814. The van der Waals surface area contributed by atoms with Crippen LogP contribution < -0.4 is 14.8 Å². The Kier molecular flexibility index (Phi) is 6.22. The third-order valence-electron chi connectivity index (χ3n) is 3.59. The first kappa shape index (κ1) is 16.3. The average Bonchev–Trinajstić information content (AvgIpc) is 2.55. The first-order valence-corrected chi connectivity index (χ1v) is 7.57. The molecular formula is C18H24N2O2. The van der Waals surface area contributed by atoms with Gasteiger partial charge >= 0.3 is 0 Å². The van der Waals surface area contributed by atoms with E-state index in [9.17, 15) is 0 Å². The van der Waals surface area contributed by atoms with E-state index in [1.165, 1.54) is 5.56 Å². The van der Waals surface area contributed by atoms with Gasteiger partial charge in [-0.25, -0.2) is 0 Å². The van der Waals surface area contributed by atoms with Crippen LogP contribution in [-0.4, -0.2) is 31.8 Å². The smallest absolute Gasteiger partial charge is 0.160 e. The van der Waals surface area contributed by atoms with Crippen molar-refractivity contribution < 1.29 is 9.47 Å². The lowest BCUT2D eigenvalue weighted by Crippen LogP contribution is -2.30. The van der Waals surface area contributed by atoms with E-state index in [0.29, 0.717) is 6.04 Å². The van der Waals surface area contributed by atoms with Crippen molar-refractivity contribution in [3.63, 3.8) is 0 Å². The Morgan fingerprint density at radius 3 is 2.59 bits per heavy atom. The van der Waals surface area contributed by atoms with E-state index >= 15 is 0 Å². The Hall–Kier alpha value is -2.07. The van der Waals surface area contributed by atoms with Crippen LogP contribution in [0.5, 0.6) is 11.5 Å². The molecule has 1 aromatic carbocycles. The van der Waals surface area contributed by atoms with Crippen LogP contribution >= 0.6 is 0 Å². The molecule has 0 aliphatic carbocycles. The highest BCUT2D eigenvalue weighted by Gasteiger charge is 2.08. The van der Waals surface area contributed by atoms with E-state index in [1.54, 1.807) is 14.2 Å². The van der Waals surface area contributed by atoms with Gasteiger partial charge in [0.1, 0.15) is 0 Å². The molecule has 2 aromatic rings. The van der Waals surface area contributed by atoms with Crippen LogP contribution in [0.25, 0.3) is 0 Å². The van der Waals surface area contributed by atoms with Crippen molar-refractivity contribution in [3.05, 3.63) is 53.9 Å². The normalized spacial score (nSPS) is 12.0. The Labute approximate surface area is 132 Å². The summed E-state index contributed by atoms with van der Waals surface area (Å²) in [5, 5.41) is 3.53. The number of pyridine rings is 1. The summed E-state index contributed by atoms with van der Waals surface area (Å²) in [6.45, 7) is 3.11. The third-order valence-corrected chi connectivity index (χ3v) is 3.59. The maximum Gasteiger partial charge on any atom is 0.160 e. The van der Waals surface area contributed by atoms with Gasteiger partial charge in [0.25, 0.3) is 0 Å². The SMILES string of the molecule is COc1ccc(CC(C)NCCc2ccccn2)cc1OC. The minimum Gasteiger partial charge on any atom is -0.493 e. The Morgan fingerprint density at radius 1 is 1.09 bits per heavy atom. The topological polar surface area (TPSA) is 43.4 Å². The first-order valence-electron chi connectivity index (χ1n) is 7.57. The molecule has 1 atom stereocenters. The summed E-state index contributed by atoms with van der Waals surface area (Å²) in [5.41, 5.74) is 2.35. The highest BCUT2D eigenvalue weighted by molar-refractivity contribution is 5.43. The molecule has 0 amide bonds. The highest BCUT2D eigenvalue weighted by Crippen LogP contribution is 2.27. The second-order valence-corrected chi connectivity index (χ2v) is 5.32. The number of hydrogen-bond donors (Lipinski definition) is 1. The molecule has 0 fully saturated rings. The lowest BCUT2D eigenvalue weighted by Gasteiger charge is -2.15. The summed E-state index contributed by atoms with van der Waals surface area (Å²) in [6.07, 6.45) is 3.72. The number of rotatable bonds is 8. The van der Waals surface area contributed by atoms with Crippen LogP contribution in [0, 0.1) is 0 Å². The van der Waals surface area contributed by atoms with Crippen molar-refractivity contribution in [2.24, 2.45) is 0 Å². The molecule has 0 saturated heterocycles. The Morgan fingerprint density at radius 2 is 1.91 bits per heavy atom. The van der Waals surface area contributed by atoms with Gasteiger partial charge in [-0.1, -0.05) is 12.1 Å². The molecular weight excluding hydrogens is 276 g/mol. The third kappa shape index (κ3) is 4.74. The number of benzene rings is 1. The predicted molar refractivity (Wildman–Crippen MR) is 88.7 cm³/mol. The van der Waals surface area contributed by atoms with Gasteiger partial charge in [0.15, 0.2) is 11.5 Å². The van der Waals surface area contributed by atoms with Gasteiger partial charge in [0.05, 0.1) is 14.2 Å². The zero-order valence-electron chi connectivity index (χ0n) is 13.5. The zero-order chi connectivity index (χ0) is 15.8. The molecule has 1 heterocycles. The van der Waals surface area contributed by atoms with Crippen LogP contribution in [0.3, 0.4) is 0 Å². The fourth-order valence-corrected chi connectivity index (χ4v) is 2.43. The average molecular weight is 300 g/mol. The summed E-state index contributed by atoms with van der Waals surface area (Å²) in [5.74, 6) is 1.54. The Bertz CT molecular complexity index is 573. The molecule has 0 aliphatic rings. The molecule has 0 saturated carbocycles. The van der Waals surface area contributed by atoms with E-state index in [0.717, 1.165) is 36.6 Å². The molecule has 22 heavy (non-hydrogen) atoms. The minimum absolute atomic E-state index is 0.391. The van der Waals surface area contributed by atoms with Crippen LogP contribution in [0.15, 0.2) is 42.6 Å². The van der Waals surface area contributed by atoms with E-state index in [2.05, 4.69) is 29.4 Å². The van der Waals surface area contributed by atoms with Gasteiger partial charge in [0, 0.05) is 30.9 Å². The summed E-state index contributed by atoms with van der Waals surface area (Å²) in [7, 11) is 3.31. The maximum absolute atomic E-state index is 5.34. The van der Waals surface area contributed by atoms with Crippen molar-refractivity contribution in [1.82, 2.24) is 10.3 Å². The molecule has 1 aromatic heterocycles. The number of nitrogens with one attached hydrogen (secondary N) is 1. The fraction of sp³-hybridized carbons (Fsp3) is 0.389. The van der Waals surface area contributed by atoms with Gasteiger partial charge in [-0.05, 0) is 43.2 Å². The van der Waals surface area contributed by atoms with Gasteiger partial charge in [-0.3, -0.25) is 4.98 Å². The first-order chi connectivity index (χ1) is 10.7. The maximum atomic E-state index is 5.34. The van der Waals surface area contributed by atoms with Gasteiger partial charge in [-0.15, -0.1) is 0 Å². The second kappa shape index (κ2) is 8.39. The predicted octanol–water partition coefficient (Wildman–Crippen LogP) is 2.86. The molecule has 0 spiro atoms. The van der Waals surface area contributed by atoms with Crippen molar-refractivity contribution >= 4 is 0 Å². The zero-order valence-corrected chi connectivity index (χ0v) is 13.5. The summed E-state index contributed by atoms with van der Waals surface area (Å²) >= 11 is 0. The minimum atomic E-state index is 0.391. The number of hydrogen-bond acceptors (Lipinski definition) is 4. The summed E-state index contributed by atoms with van der Waals surface area (Å²) in [6, 6.07) is 12.5. The van der Waals surface area contributed by atoms with Crippen LogP contribution in [0.1, 0.15) is 18.2 Å². The van der Waals surface area contributed by atoms with E-state index in [4.69, 9.17) is 9.47 Å². The van der Waals surface area contributed by atoms with Crippen molar-refractivity contribution in [3.8, 4) is 11.5 Å². The van der Waals surface area contributed by atoms with Crippen molar-refractivity contribution in [2.45, 2.75) is 25.8 Å². The van der Waals surface area contributed by atoms with Gasteiger partial charge < -0.3 is 14.8 Å². The molecule has 1 unspecified atom stereocenters. The molecule has 0 aliphatic heterocycles. The molecule has 2 rings (SSSR count). The second-order valence-electron chi connectivity index (χ2n) is 5.32. The van der Waals surface area contributed by atoms with Crippen LogP contribution in [0.2, 0.25) is 0 Å². The standard InChI is InChI=1S/C18H24N2O2/c1-14(19-11-9-16-6-4-5-10-20-16)12-15-7-8-17(21-2)18(13-15)22-3/h4-8,10,13-14,19H,9,11-12H2,1-3H3. The molecule has 118 valence electrons. The van der Waals surface area contributed by atoms with E-state index in [1.807, 2.05) is 30.5 Å². The van der Waals surface area contributed by atoms with Gasteiger partial charge in [0.2, 0.25) is 0 Å². The largest absolute Gasteiger partial charge is 0.493 e. The van der Waals surface area contributed by atoms with Crippen molar-refractivity contribution in [2.75, 3.05) is 20.8 Å². The van der Waals surface area contributed by atoms with E-state index in [-0.39, 0.29) is 0 Å². The molecule has 1 N–H and O–H groups in total. The lowest BCUT2D eigenvalue weighted by molar-refractivity contribution is 0.354. The summed E-state index contributed by atoms with van der Waals surface area (Å²) < 4.78 is 10.6. The lowest BCUT2D eigenvalue weighted by atomic mass is 10.1. The Balaban J connectivity index is 1.82. The number of methoxy groups -OCH3 is 2. The fourth-order valence-electron chi connectivity index (χ4n) is 2.43. The van der Waals surface area contributed by atoms with Crippen LogP contribution in [0.4, 0.5) is 0 Å². The van der Waals surface area contributed by atoms with E-state index < -0.39 is 0 Å². The molecule has 0 bridgehead atoms. The van der Waals surface area contributed by atoms with Crippen molar-refractivity contribution in [1.29, 1.82) is 0 Å².